The number of thioether (sulfide) groups is 1. The first kappa shape index (κ1) is 21.1. The normalized spacial score (nSPS) is 15.9. The van der Waals surface area contributed by atoms with E-state index in [1.54, 1.807) is 36.4 Å². The smallest absolute Gasteiger partial charge is 0.255 e. The molecule has 1 unspecified atom stereocenters. The van der Waals surface area contributed by atoms with Crippen LogP contribution in [0.4, 0.5) is 20.2 Å². The van der Waals surface area contributed by atoms with Gasteiger partial charge < -0.3 is 5.32 Å². The van der Waals surface area contributed by atoms with Gasteiger partial charge in [-0.2, -0.15) is 0 Å². The quantitative estimate of drug-likeness (QED) is 0.568. The Hall–Kier alpha value is -3.19. The van der Waals surface area contributed by atoms with Crippen LogP contribution in [0.5, 0.6) is 0 Å². The number of nitrogens with one attached hydrogen (secondary N) is 1. The molecule has 0 bridgehead atoms. The molecule has 158 valence electrons. The number of hydrogen-bond acceptors (Lipinski definition) is 3. The van der Waals surface area contributed by atoms with Gasteiger partial charge in [0.05, 0.1) is 11.4 Å². The summed E-state index contributed by atoms with van der Waals surface area (Å²) in [6.45, 7) is 2.04. The van der Waals surface area contributed by atoms with Crippen LogP contribution in [0.1, 0.15) is 33.8 Å². The van der Waals surface area contributed by atoms with Gasteiger partial charge in [0.2, 0.25) is 5.91 Å². The van der Waals surface area contributed by atoms with Crippen LogP contribution in [0, 0.1) is 11.6 Å². The summed E-state index contributed by atoms with van der Waals surface area (Å²) in [5, 5.41) is 2.36. The maximum absolute atomic E-state index is 14.4. The monoisotopic (exact) mass is 438 g/mol. The Bertz CT molecular complexity index is 1130. The van der Waals surface area contributed by atoms with Crippen LogP contribution in [0.2, 0.25) is 0 Å². The number of carbonyl (C=O) groups is 2. The molecular weight excluding hydrogens is 418 g/mol. The van der Waals surface area contributed by atoms with E-state index >= 15 is 0 Å². The number of amides is 2. The second-order valence-electron chi connectivity index (χ2n) is 7.11. The van der Waals surface area contributed by atoms with Gasteiger partial charge in [0, 0.05) is 22.9 Å². The van der Waals surface area contributed by atoms with E-state index in [1.807, 2.05) is 19.1 Å². The number of halogens is 2. The molecule has 1 atom stereocenters. The van der Waals surface area contributed by atoms with Gasteiger partial charge in [0.25, 0.3) is 5.91 Å². The molecule has 1 saturated heterocycles. The molecule has 0 radical (unpaired) electrons. The van der Waals surface area contributed by atoms with Gasteiger partial charge in [-0.1, -0.05) is 37.3 Å². The molecule has 0 aromatic heterocycles. The minimum Gasteiger partial charge on any atom is -0.322 e. The summed E-state index contributed by atoms with van der Waals surface area (Å²) in [4.78, 5) is 26.7. The number of carbonyl (C=O) groups excluding carboxylic acids is 2. The van der Waals surface area contributed by atoms with Gasteiger partial charge >= 0.3 is 0 Å². The minimum absolute atomic E-state index is 0.0117. The lowest BCUT2D eigenvalue weighted by Crippen LogP contribution is -2.29. The van der Waals surface area contributed by atoms with Crippen molar-refractivity contribution in [1.29, 1.82) is 0 Å². The first-order valence-corrected chi connectivity index (χ1v) is 10.9. The highest BCUT2D eigenvalue weighted by atomic mass is 32.2. The Morgan fingerprint density at radius 2 is 1.84 bits per heavy atom. The molecule has 4 rings (SSSR count). The van der Waals surface area contributed by atoms with Crippen LogP contribution < -0.4 is 10.2 Å². The fraction of sp³-hybridized carbons (Fsp3) is 0.167. The average Bonchev–Trinajstić information content (AvgIpc) is 3.15. The van der Waals surface area contributed by atoms with Crippen LogP contribution >= 0.6 is 11.8 Å². The van der Waals surface area contributed by atoms with Crippen molar-refractivity contribution in [2.75, 3.05) is 16.0 Å². The number of hydrogen-bond donors (Lipinski definition) is 1. The maximum atomic E-state index is 14.4. The zero-order valence-corrected chi connectivity index (χ0v) is 17.6. The van der Waals surface area contributed by atoms with E-state index < -0.39 is 17.0 Å². The zero-order chi connectivity index (χ0) is 22.0. The van der Waals surface area contributed by atoms with Crippen LogP contribution in [-0.2, 0) is 11.2 Å². The van der Waals surface area contributed by atoms with E-state index in [4.69, 9.17) is 0 Å². The molecule has 4 nitrogen and oxygen atoms in total. The molecule has 1 aliphatic rings. The second kappa shape index (κ2) is 8.89. The van der Waals surface area contributed by atoms with Gasteiger partial charge in [0.1, 0.15) is 17.0 Å². The molecule has 3 aromatic carbocycles. The number of aryl methyl sites for hydroxylation is 1. The van der Waals surface area contributed by atoms with Crippen molar-refractivity contribution in [3.8, 4) is 0 Å². The van der Waals surface area contributed by atoms with Crippen molar-refractivity contribution in [2.24, 2.45) is 0 Å². The van der Waals surface area contributed by atoms with Gasteiger partial charge in [-0.25, -0.2) is 8.78 Å². The summed E-state index contributed by atoms with van der Waals surface area (Å²) in [5.74, 6) is -1.92. The number of rotatable bonds is 5. The molecule has 1 aliphatic heterocycles. The predicted octanol–water partition coefficient (Wildman–Crippen LogP) is 5.56. The molecule has 0 saturated carbocycles. The van der Waals surface area contributed by atoms with E-state index in [-0.39, 0.29) is 23.3 Å². The highest BCUT2D eigenvalue weighted by molar-refractivity contribution is 8.00. The summed E-state index contributed by atoms with van der Waals surface area (Å²) >= 11 is 1.33. The fourth-order valence-electron chi connectivity index (χ4n) is 3.50. The molecule has 7 heteroatoms. The van der Waals surface area contributed by atoms with Crippen LogP contribution in [0.3, 0.4) is 0 Å². The average molecular weight is 438 g/mol. The lowest BCUT2D eigenvalue weighted by atomic mass is 10.1. The van der Waals surface area contributed by atoms with E-state index in [2.05, 4.69) is 5.32 Å². The third kappa shape index (κ3) is 4.32. The molecule has 31 heavy (non-hydrogen) atoms. The topological polar surface area (TPSA) is 49.4 Å². The first-order valence-electron chi connectivity index (χ1n) is 9.86. The Morgan fingerprint density at radius 1 is 1.10 bits per heavy atom. The molecule has 0 spiro atoms. The third-order valence-electron chi connectivity index (χ3n) is 5.14. The van der Waals surface area contributed by atoms with Crippen molar-refractivity contribution in [3.63, 3.8) is 0 Å². The molecule has 0 aliphatic carbocycles. The summed E-state index contributed by atoms with van der Waals surface area (Å²) < 4.78 is 27.8. The lowest BCUT2D eigenvalue weighted by Gasteiger charge is -2.26. The van der Waals surface area contributed by atoms with Crippen molar-refractivity contribution in [1.82, 2.24) is 0 Å². The standard InChI is InChI=1S/C24H20F2N2O2S/c1-2-15-7-9-16(10-8-15)23(30)27-20-6-4-3-5-18(20)24-28(22(29)14-31-24)21-12-11-17(25)13-19(21)26/h3-13,24H,2,14H2,1H3,(H,27,30). The largest absolute Gasteiger partial charge is 0.322 e. The number of nitrogens with zero attached hydrogens (tertiary/aromatic N) is 1. The third-order valence-corrected chi connectivity index (χ3v) is 6.33. The molecule has 1 fully saturated rings. The molecule has 1 N–H and O–H groups in total. The Labute approximate surface area is 183 Å². The summed E-state index contributed by atoms with van der Waals surface area (Å²) in [7, 11) is 0. The predicted molar refractivity (Wildman–Crippen MR) is 119 cm³/mol. The van der Waals surface area contributed by atoms with E-state index in [0.29, 0.717) is 16.8 Å². The SMILES string of the molecule is CCc1ccc(C(=O)Nc2ccccc2C2SCC(=O)N2c2ccc(F)cc2F)cc1. The van der Waals surface area contributed by atoms with Crippen molar-refractivity contribution < 1.29 is 18.4 Å². The zero-order valence-electron chi connectivity index (χ0n) is 16.8. The van der Waals surface area contributed by atoms with Gasteiger partial charge in [0.15, 0.2) is 0 Å². The Balaban J connectivity index is 1.65. The number of benzene rings is 3. The summed E-state index contributed by atoms with van der Waals surface area (Å²) in [6, 6.07) is 17.6. The fourth-order valence-corrected chi connectivity index (χ4v) is 4.71. The summed E-state index contributed by atoms with van der Waals surface area (Å²) in [5.41, 5.74) is 2.86. The number of anilines is 2. The molecule has 3 aromatic rings. The van der Waals surface area contributed by atoms with Crippen LogP contribution in [0.25, 0.3) is 0 Å². The van der Waals surface area contributed by atoms with E-state index in [1.165, 1.54) is 22.7 Å². The van der Waals surface area contributed by atoms with Crippen molar-refractivity contribution in [2.45, 2.75) is 18.7 Å². The second-order valence-corrected chi connectivity index (χ2v) is 8.18. The number of para-hydroxylation sites is 1. The minimum atomic E-state index is -0.807. The molecule has 2 amide bonds. The lowest BCUT2D eigenvalue weighted by molar-refractivity contribution is -0.115. The molecule has 1 heterocycles. The highest BCUT2D eigenvalue weighted by Crippen LogP contribution is 2.44. The Morgan fingerprint density at radius 3 is 2.55 bits per heavy atom. The van der Waals surface area contributed by atoms with E-state index in [9.17, 15) is 18.4 Å². The Kier molecular flexibility index (Phi) is 6.04. The highest BCUT2D eigenvalue weighted by Gasteiger charge is 2.37. The van der Waals surface area contributed by atoms with E-state index in [0.717, 1.165) is 24.1 Å². The van der Waals surface area contributed by atoms with Crippen molar-refractivity contribution in [3.05, 3.63) is 95.1 Å². The van der Waals surface area contributed by atoms with Crippen LogP contribution in [-0.4, -0.2) is 17.6 Å². The maximum Gasteiger partial charge on any atom is 0.255 e. The van der Waals surface area contributed by atoms with Gasteiger partial charge in [-0.05, 0) is 42.3 Å². The summed E-state index contributed by atoms with van der Waals surface area (Å²) in [6.07, 6.45) is 0.882. The van der Waals surface area contributed by atoms with Crippen molar-refractivity contribution >= 4 is 35.0 Å². The molecular formula is C24H20F2N2O2S. The first-order chi connectivity index (χ1) is 15.0. The van der Waals surface area contributed by atoms with Gasteiger partial charge in [-0.3, -0.25) is 14.5 Å². The van der Waals surface area contributed by atoms with Gasteiger partial charge in [-0.15, -0.1) is 11.8 Å². The van der Waals surface area contributed by atoms with Crippen LogP contribution in [0.15, 0.2) is 66.7 Å².